The van der Waals surface area contributed by atoms with E-state index in [1.54, 1.807) is 38.2 Å². The van der Waals surface area contributed by atoms with Gasteiger partial charge in [-0.05, 0) is 61.4 Å². The fourth-order valence-electron chi connectivity index (χ4n) is 4.03. The Labute approximate surface area is 189 Å². The standard InChI is InChI=1S/C25H31FN4O2/c1-5-24(31)30-13-12-29(15-18(30)3)16-23(20-7-6-17(2)22(26)14-20)28-21-10-8-19(9-11-21)25(32)27-4/h5-11,14,18,23,28H,1,12-13,15-16H2,2-4H3,(H,27,32)/t18-,23?/m1/s1. The van der Waals surface area contributed by atoms with Gasteiger partial charge in [0.1, 0.15) is 5.82 Å². The van der Waals surface area contributed by atoms with E-state index in [0.29, 0.717) is 24.2 Å². The first-order chi connectivity index (χ1) is 15.3. The van der Waals surface area contributed by atoms with Crippen molar-refractivity contribution in [2.45, 2.75) is 25.9 Å². The van der Waals surface area contributed by atoms with Crippen LogP contribution >= 0.6 is 0 Å². The van der Waals surface area contributed by atoms with Crippen LogP contribution in [0, 0.1) is 12.7 Å². The molecule has 0 aliphatic carbocycles. The van der Waals surface area contributed by atoms with Gasteiger partial charge in [-0.3, -0.25) is 14.5 Å². The van der Waals surface area contributed by atoms with Crippen molar-refractivity contribution in [2.75, 3.05) is 38.5 Å². The third-order valence-corrected chi connectivity index (χ3v) is 5.92. The molecule has 2 aromatic carbocycles. The Kier molecular flexibility index (Phi) is 7.64. The summed E-state index contributed by atoms with van der Waals surface area (Å²) in [6, 6.07) is 12.4. The topological polar surface area (TPSA) is 64.7 Å². The molecule has 0 aromatic heterocycles. The predicted octanol–water partition coefficient (Wildman–Crippen LogP) is 3.37. The normalized spacial score (nSPS) is 17.5. The number of anilines is 1. The summed E-state index contributed by atoms with van der Waals surface area (Å²) in [5.41, 5.74) is 2.87. The smallest absolute Gasteiger partial charge is 0.251 e. The molecule has 0 radical (unpaired) electrons. The Bertz CT molecular complexity index is 976. The summed E-state index contributed by atoms with van der Waals surface area (Å²) < 4.78 is 14.3. The fourth-order valence-corrected chi connectivity index (χ4v) is 4.03. The van der Waals surface area contributed by atoms with E-state index in [2.05, 4.69) is 22.1 Å². The van der Waals surface area contributed by atoms with Crippen LogP contribution in [-0.2, 0) is 4.79 Å². The summed E-state index contributed by atoms with van der Waals surface area (Å²) in [4.78, 5) is 28.0. The number of carbonyl (C=O) groups is 2. The average Bonchev–Trinajstić information content (AvgIpc) is 2.80. The van der Waals surface area contributed by atoms with Crippen molar-refractivity contribution < 1.29 is 14.0 Å². The molecule has 0 bridgehead atoms. The molecule has 2 atom stereocenters. The van der Waals surface area contributed by atoms with Gasteiger partial charge in [0.25, 0.3) is 5.91 Å². The van der Waals surface area contributed by atoms with Gasteiger partial charge in [0.05, 0.1) is 6.04 Å². The number of benzene rings is 2. The van der Waals surface area contributed by atoms with Crippen molar-refractivity contribution in [2.24, 2.45) is 0 Å². The highest BCUT2D eigenvalue weighted by Crippen LogP contribution is 2.24. The number of hydrogen-bond acceptors (Lipinski definition) is 4. The molecule has 1 aliphatic heterocycles. The van der Waals surface area contributed by atoms with Gasteiger partial charge in [-0.25, -0.2) is 4.39 Å². The zero-order chi connectivity index (χ0) is 23.3. The molecule has 6 nitrogen and oxygen atoms in total. The summed E-state index contributed by atoms with van der Waals surface area (Å²) in [7, 11) is 1.60. The van der Waals surface area contributed by atoms with Gasteiger partial charge in [-0.1, -0.05) is 18.7 Å². The van der Waals surface area contributed by atoms with E-state index in [4.69, 9.17) is 0 Å². The molecule has 1 heterocycles. The minimum absolute atomic E-state index is 0.0522. The van der Waals surface area contributed by atoms with Crippen LogP contribution in [0.25, 0.3) is 0 Å². The summed E-state index contributed by atoms with van der Waals surface area (Å²) in [5.74, 6) is -0.433. The SMILES string of the molecule is C=CC(=O)N1CCN(CC(Nc2ccc(C(=O)NC)cc2)c2ccc(C)c(F)c2)C[C@H]1C. The van der Waals surface area contributed by atoms with Crippen LogP contribution in [-0.4, -0.2) is 60.9 Å². The Morgan fingerprint density at radius 3 is 2.53 bits per heavy atom. The van der Waals surface area contributed by atoms with Gasteiger partial charge in [-0.2, -0.15) is 0 Å². The molecule has 170 valence electrons. The van der Waals surface area contributed by atoms with E-state index in [1.807, 2.05) is 30.0 Å². The number of nitrogens with zero attached hydrogens (tertiary/aromatic N) is 2. The van der Waals surface area contributed by atoms with Crippen molar-refractivity contribution in [3.05, 3.63) is 77.6 Å². The van der Waals surface area contributed by atoms with Crippen molar-refractivity contribution in [3.63, 3.8) is 0 Å². The van der Waals surface area contributed by atoms with Crippen LogP contribution in [0.2, 0.25) is 0 Å². The van der Waals surface area contributed by atoms with Crippen molar-refractivity contribution in [1.29, 1.82) is 0 Å². The minimum Gasteiger partial charge on any atom is -0.377 e. The lowest BCUT2D eigenvalue weighted by atomic mass is 10.0. The van der Waals surface area contributed by atoms with Gasteiger partial charge in [-0.15, -0.1) is 0 Å². The number of halogens is 1. The lowest BCUT2D eigenvalue weighted by Crippen LogP contribution is -2.54. The highest BCUT2D eigenvalue weighted by atomic mass is 19.1. The molecular weight excluding hydrogens is 407 g/mol. The van der Waals surface area contributed by atoms with Crippen LogP contribution in [0.1, 0.15) is 34.5 Å². The monoisotopic (exact) mass is 438 g/mol. The number of carbonyl (C=O) groups excluding carboxylic acids is 2. The van der Waals surface area contributed by atoms with E-state index in [1.165, 1.54) is 6.08 Å². The number of piperazine rings is 1. The summed E-state index contributed by atoms with van der Waals surface area (Å²) in [6.45, 7) is 10.1. The molecule has 7 heteroatoms. The third-order valence-electron chi connectivity index (χ3n) is 5.92. The summed E-state index contributed by atoms with van der Waals surface area (Å²) >= 11 is 0. The summed E-state index contributed by atoms with van der Waals surface area (Å²) in [5, 5.41) is 6.11. The van der Waals surface area contributed by atoms with Gasteiger partial charge in [0.2, 0.25) is 5.91 Å². The Morgan fingerprint density at radius 1 is 1.22 bits per heavy atom. The number of nitrogens with one attached hydrogen (secondary N) is 2. The first kappa shape index (κ1) is 23.5. The highest BCUT2D eigenvalue weighted by Gasteiger charge is 2.28. The molecule has 3 rings (SSSR count). The molecule has 1 aliphatic rings. The number of hydrogen-bond donors (Lipinski definition) is 2. The lowest BCUT2D eigenvalue weighted by molar-refractivity contribution is -0.130. The maximum Gasteiger partial charge on any atom is 0.251 e. The zero-order valence-electron chi connectivity index (χ0n) is 18.9. The van der Waals surface area contributed by atoms with Gasteiger partial charge in [0.15, 0.2) is 0 Å². The maximum atomic E-state index is 14.3. The van der Waals surface area contributed by atoms with Crippen LogP contribution < -0.4 is 10.6 Å². The van der Waals surface area contributed by atoms with Crippen LogP contribution in [0.15, 0.2) is 55.1 Å². The van der Waals surface area contributed by atoms with Gasteiger partial charge in [0, 0.05) is 50.5 Å². The second kappa shape index (κ2) is 10.4. The summed E-state index contributed by atoms with van der Waals surface area (Å²) in [6.07, 6.45) is 1.36. The average molecular weight is 439 g/mol. The van der Waals surface area contributed by atoms with Gasteiger partial charge < -0.3 is 15.5 Å². The van der Waals surface area contributed by atoms with E-state index < -0.39 is 0 Å². The quantitative estimate of drug-likeness (QED) is 0.651. The first-order valence-corrected chi connectivity index (χ1v) is 10.8. The largest absolute Gasteiger partial charge is 0.377 e. The number of amides is 2. The number of aryl methyl sites for hydroxylation is 1. The molecule has 2 N–H and O–H groups in total. The van der Waals surface area contributed by atoms with E-state index in [0.717, 1.165) is 24.3 Å². The van der Waals surface area contributed by atoms with Crippen molar-refractivity contribution >= 4 is 17.5 Å². The lowest BCUT2D eigenvalue weighted by Gasteiger charge is -2.41. The van der Waals surface area contributed by atoms with Crippen LogP contribution in [0.3, 0.4) is 0 Å². The Hall–Kier alpha value is -3.19. The molecule has 1 saturated heterocycles. The molecule has 0 saturated carbocycles. The van der Waals surface area contributed by atoms with Crippen LogP contribution in [0.5, 0.6) is 0 Å². The first-order valence-electron chi connectivity index (χ1n) is 10.8. The van der Waals surface area contributed by atoms with E-state index >= 15 is 0 Å². The molecule has 0 spiro atoms. The second-order valence-corrected chi connectivity index (χ2v) is 8.21. The Balaban J connectivity index is 1.79. The van der Waals surface area contributed by atoms with E-state index in [-0.39, 0.29) is 29.7 Å². The molecule has 32 heavy (non-hydrogen) atoms. The molecular formula is C25H31FN4O2. The fraction of sp³-hybridized carbons (Fsp3) is 0.360. The molecule has 2 aromatic rings. The molecule has 1 unspecified atom stereocenters. The van der Waals surface area contributed by atoms with Crippen molar-refractivity contribution in [3.8, 4) is 0 Å². The van der Waals surface area contributed by atoms with E-state index in [9.17, 15) is 14.0 Å². The number of rotatable bonds is 7. The zero-order valence-corrected chi connectivity index (χ0v) is 18.9. The minimum atomic E-state index is -0.237. The van der Waals surface area contributed by atoms with Crippen LogP contribution in [0.4, 0.5) is 10.1 Å². The van der Waals surface area contributed by atoms with Crippen molar-refractivity contribution in [1.82, 2.24) is 15.1 Å². The molecule has 1 fully saturated rings. The third kappa shape index (κ3) is 5.53. The van der Waals surface area contributed by atoms with Gasteiger partial charge >= 0.3 is 0 Å². The highest BCUT2D eigenvalue weighted by molar-refractivity contribution is 5.94. The second-order valence-electron chi connectivity index (χ2n) is 8.21. The Morgan fingerprint density at radius 2 is 1.94 bits per heavy atom. The maximum absolute atomic E-state index is 14.3. The molecule has 2 amide bonds. The predicted molar refractivity (Wildman–Crippen MR) is 125 cm³/mol.